The number of rotatable bonds is 3. The van der Waals surface area contributed by atoms with E-state index in [1.807, 2.05) is 12.1 Å². The van der Waals surface area contributed by atoms with E-state index >= 15 is 0 Å². The van der Waals surface area contributed by atoms with Crippen molar-refractivity contribution in [3.8, 4) is 0 Å². The van der Waals surface area contributed by atoms with E-state index in [9.17, 15) is 0 Å². The number of hydrogen-bond acceptors (Lipinski definition) is 1. The normalized spacial score (nSPS) is 12.1. The Balaban J connectivity index is 2.05. The van der Waals surface area contributed by atoms with E-state index < -0.39 is 0 Å². The van der Waals surface area contributed by atoms with Gasteiger partial charge in [-0.1, -0.05) is 77.9 Å². The molecule has 0 N–H and O–H groups in total. The van der Waals surface area contributed by atoms with E-state index in [1.165, 1.54) is 11.1 Å². The van der Waals surface area contributed by atoms with Crippen LogP contribution in [0.4, 0.5) is 17.1 Å². The van der Waals surface area contributed by atoms with Crippen LogP contribution in [-0.2, 0) is 10.8 Å². The lowest BCUT2D eigenvalue weighted by Crippen LogP contribution is -2.14. The van der Waals surface area contributed by atoms with E-state index in [0.717, 1.165) is 17.1 Å². The smallest absolute Gasteiger partial charge is 0.0462 e. The maximum Gasteiger partial charge on any atom is 0.0462 e. The lowest BCUT2D eigenvalue weighted by molar-refractivity contribution is 0.590. The molecule has 0 aliphatic heterocycles. The lowest BCUT2D eigenvalue weighted by Gasteiger charge is -2.28. The minimum Gasteiger partial charge on any atom is -0.311 e. The first-order valence-corrected chi connectivity index (χ1v) is 9.63. The number of hydrogen-bond donors (Lipinski definition) is 0. The van der Waals surface area contributed by atoms with Crippen LogP contribution in [0.2, 0.25) is 0 Å². The van der Waals surface area contributed by atoms with Crippen molar-refractivity contribution in [2.45, 2.75) is 52.4 Å². The van der Waals surface area contributed by atoms with Gasteiger partial charge in [0.1, 0.15) is 0 Å². The number of benzene rings is 3. The molecule has 3 aromatic carbocycles. The van der Waals surface area contributed by atoms with Crippen LogP contribution in [0.15, 0.2) is 72.8 Å². The lowest BCUT2D eigenvalue weighted by atomic mass is 9.86. The molecule has 1 radical (unpaired) electrons. The second-order valence-corrected chi connectivity index (χ2v) is 9.19. The average molecular weight is 357 g/mol. The van der Waals surface area contributed by atoms with Crippen molar-refractivity contribution in [3.05, 3.63) is 90.0 Å². The molecule has 139 valence electrons. The molecular formula is C26H30N. The Hall–Kier alpha value is -2.54. The molecule has 0 spiro atoms. The fourth-order valence-electron chi connectivity index (χ4n) is 3.20. The molecule has 0 saturated carbocycles. The second kappa shape index (κ2) is 7.23. The van der Waals surface area contributed by atoms with Gasteiger partial charge >= 0.3 is 0 Å². The molecule has 0 aliphatic rings. The highest BCUT2D eigenvalue weighted by molar-refractivity contribution is 5.76. The van der Waals surface area contributed by atoms with Gasteiger partial charge in [-0.15, -0.1) is 0 Å². The first-order valence-electron chi connectivity index (χ1n) is 9.63. The zero-order valence-electron chi connectivity index (χ0n) is 17.4. The van der Waals surface area contributed by atoms with Crippen molar-refractivity contribution >= 4 is 17.1 Å². The van der Waals surface area contributed by atoms with E-state index in [2.05, 4.69) is 113 Å². The first-order chi connectivity index (χ1) is 12.7. The molecule has 0 aliphatic carbocycles. The van der Waals surface area contributed by atoms with Gasteiger partial charge in [-0.05, 0) is 64.4 Å². The van der Waals surface area contributed by atoms with Gasteiger partial charge in [-0.3, -0.25) is 0 Å². The van der Waals surface area contributed by atoms with Crippen molar-refractivity contribution < 1.29 is 0 Å². The van der Waals surface area contributed by atoms with E-state index in [-0.39, 0.29) is 10.8 Å². The number of anilines is 3. The maximum atomic E-state index is 3.12. The van der Waals surface area contributed by atoms with Crippen LogP contribution in [0.25, 0.3) is 0 Å². The van der Waals surface area contributed by atoms with Gasteiger partial charge in [0.2, 0.25) is 0 Å². The highest BCUT2D eigenvalue weighted by Gasteiger charge is 2.18. The van der Waals surface area contributed by atoms with Crippen molar-refractivity contribution in [1.29, 1.82) is 0 Å². The van der Waals surface area contributed by atoms with E-state index in [1.54, 1.807) is 0 Å². The summed E-state index contributed by atoms with van der Waals surface area (Å²) in [5.74, 6) is 0. The number of nitrogens with zero attached hydrogens (tertiary/aromatic N) is 1. The Morgan fingerprint density at radius 1 is 0.519 bits per heavy atom. The van der Waals surface area contributed by atoms with Crippen LogP contribution >= 0.6 is 0 Å². The summed E-state index contributed by atoms with van der Waals surface area (Å²) in [5.41, 5.74) is 6.46. The van der Waals surface area contributed by atoms with Crippen LogP contribution < -0.4 is 4.90 Å². The fourth-order valence-corrected chi connectivity index (χ4v) is 3.20. The molecule has 0 atom stereocenters. The van der Waals surface area contributed by atoms with Crippen molar-refractivity contribution in [2.75, 3.05) is 4.90 Å². The van der Waals surface area contributed by atoms with Crippen LogP contribution in [0, 0.1) is 6.07 Å². The highest BCUT2D eigenvalue weighted by atomic mass is 15.1. The van der Waals surface area contributed by atoms with Crippen molar-refractivity contribution in [3.63, 3.8) is 0 Å². The molecule has 3 rings (SSSR count). The second-order valence-electron chi connectivity index (χ2n) is 9.19. The molecule has 1 nitrogen and oxygen atoms in total. The van der Waals surface area contributed by atoms with Gasteiger partial charge in [0.15, 0.2) is 0 Å². The molecular weight excluding hydrogens is 326 g/mol. The molecule has 0 bridgehead atoms. The molecule has 1 heteroatoms. The first kappa shape index (κ1) is 19.2. The molecule has 0 amide bonds. The van der Waals surface area contributed by atoms with Crippen molar-refractivity contribution in [1.82, 2.24) is 0 Å². The maximum absolute atomic E-state index is 3.12. The molecule has 0 heterocycles. The van der Waals surface area contributed by atoms with Gasteiger partial charge in [0.05, 0.1) is 0 Å². The summed E-state index contributed by atoms with van der Waals surface area (Å²) in [6.07, 6.45) is 0. The van der Waals surface area contributed by atoms with Crippen LogP contribution in [0.3, 0.4) is 0 Å². The predicted octanol–water partition coefficient (Wildman–Crippen LogP) is 7.55. The largest absolute Gasteiger partial charge is 0.311 e. The summed E-state index contributed by atoms with van der Waals surface area (Å²) in [6.45, 7) is 13.5. The summed E-state index contributed by atoms with van der Waals surface area (Å²) in [4.78, 5) is 2.30. The SMILES string of the molecule is CC(C)(C)c1ccc(N(c2cc[c]cc2)c2ccc(C(C)(C)C)cc2)cc1. The Kier molecular flexibility index (Phi) is 5.15. The summed E-state index contributed by atoms with van der Waals surface area (Å²) >= 11 is 0. The van der Waals surface area contributed by atoms with Gasteiger partial charge in [0, 0.05) is 17.1 Å². The average Bonchev–Trinajstić information content (AvgIpc) is 2.62. The molecule has 27 heavy (non-hydrogen) atoms. The molecule has 0 fully saturated rings. The molecule has 0 aromatic heterocycles. The zero-order chi connectivity index (χ0) is 19.7. The Bertz CT molecular complexity index is 803. The van der Waals surface area contributed by atoms with Gasteiger partial charge < -0.3 is 4.90 Å². The Morgan fingerprint density at radius 3 is 1.19 bits per heavy atom. The van der Waals surface area contributed by atoms with E-state index in [0.29, 0.717) is 0 Å². The minimum absolute atomic E-state index is 0.152. The molecule has 0 saturated heterocycles. The van der Waals surface area contributed by atoms with Crippen LogP contribution in [0.1, 0.15) is 52.7 Å². The fraction of sp³-hybridized carbons (Fsp3) is 0.308. The summed E-state index contributed by atoms with van der Waals surface area (Å²) in [6, 6.07) is 29.1. The van der Waals surface area contributed by atoms with E-state index in [4.69, 9.17) is 0 Å². The summed E-state index contributed by atoms with van der Waals surface area (Å²) < 4.78 is 0. The van der Waals surface area contributed by atoms with Gasteiger partial charge in [-0.2, -0.15) is 0 Å². The minimum atomic E-state index is 0.152. The molecule has 0 unspecified atom stereocenters. The van der Waals surface area contributed by atoms with Gasteiger partial charge in [-0.25, -0.2) is 0 Å². The highest BCUT2D eigenvalue weighted by Crippen LogP contribution is 2.36. The van der Waals surface area contributed by atoms with Crippen LogP contribution in [-0.4, -0.2) is 0 Å². The van der Waals surface area contributed by atoms with Crippen LogP contribution in [0.5, 0.6) is 0 Å². The standard InChI is InChI=1S/C26H30N/c1-25(2,3)20-12-16-23(17-13-20)27(22-10-8-7-9-11-22)24-18-14-21(15-19-24)26(4,5)6/h8-19H,1-6H3. The van der Waals surface area contributed by atoms with Gasteiger partial charge in [0.25, 0.3) is 0 Å². The third-order valence-electron chi connectivity index (χ3n) is 4.94. The monoisotopic (exact) mass is 356 g/mol. The Morgan fingerprint density at radius 2 is 0.852 bits per heavy atom. The topological polar surface area (TPSA) is 3.24 Å². The molecule has 3 aromatic rings. The zero-order valence-corrected chi connectivity index (χ0v) is 17.4. The predicted molar refractivity (Wildman–Crippen MR) is 117 cm³/mol. The van der Waals surface area contributed by atoms with Crippen molar-refractivity contribution in [2.24, 2.45) is 0 Å². The third kappa shape index (κ3) is 4.42. The summed E-state index contributed by atoms with van der Waals surface area (Å²) in [5, 5.41) is 0. The Labute approximate surface area is 164 Å². The summed E-state index contributed by atoms with van der Waals surface area (Å²) in [7, 11) is 0. The quantitative estimate of drug-likeness (QED) is 0.468. The third-order valence-corrected chi connectivity index (χ3v) is 4.94.